The fraction of sp³-hybridized carbons (Fsp3) is 0.389. The smallest absolute Gasteiger partial charge is 0.252 e. The van der Waals surface area contributed by atoms with Crippen LogP contribution in [0, 0.1) is 5.92 Å². The molecule has 0 spiro atoms. The third kappa shape index (κ3) is 5.68. The van der Waals surface area contributed by atoms with E-state index < -0.39 is 26.0 Å². The molecule has 164 valence electrons. The summed E-state index contributed by atoms with van der Waals surface area (Å²) in [6.45, 7) is 0.930. The van der Waals surface area contributed by atoms with Crippen LogP contribution >= 0.6 is 27.3 Å². The van der Waals surface area contributed by atoms with Crippen molar-refractivity contribution in [3.63, 3.8) is 0 Å². The topological polar surface area (TPSA) is 127 Å². The lowest BCUT2D eigenvalue weighted by molar-refractivity contribution is -0.126. The number of rotatable bonds is 7. The van der Waals surface area contributed by atoms with Gasteiger partial charge in [-0.2, -0.15) is 4.31 Å². The Bertz CT molecular complexity index is 1110. The van der Waals surface area contributed by atoms with Gasteiger partial charge in [-0.15, -0.1) is 11.3 Å². The average molecular weight is 536 g/mol. The highest BCUT2D eigenvalue weighted by Crippen LogP contribution is 2.30. The van der Waals surface area contributed by atoms with E-state index in [1.54, 1.807) is 24.3 Å². The maximum Gasteiger partial charge on any atom is 0.252 e. The molecule has 1 aromatic carbocycles. The zero-order valence-electron chi connectivity index (χ0n) is 16.0. The van der Waals surface area contributed by atoms with E-state index in [0.717, 1.165) is 20.7 Å². The number of thiophene rings is 1. The van der Waals surface area contributed by atoms with Gasteiger partial charge in [-0.3, -0.25) is 4.79 Å². The lowest BCUT2D eigenvalue weighted by Gasteiger charge is -2.30. The third-order valence-corrected chi connectivity index (χ3v) is 9.75. The minimum absolute atomic E-state index is 0.0385. The first-order valence-corrected chi connectivity index (χ1v) is 13.8. The lowest BCUT2D eigenvalue weighted by Crippen LogP contribution is -2.45. The summed E-state index contributed by atoms with van der Waals surface area (Å²) in [5, 5.41) is 7.93. The van der Waals surface area contributed by atoms with Crippen molar-refractivity contribution in [1.82, 2.24) is 9.62 Å². The lowest BCUT2D eigenvalue weighted by atomic mass is 9.99. The summed E-state index contributed by atoms with van der Waals surface area (Å²) < 4.78 is 50.5. The highest BCUT2D eigenvalue weighted by atomic mass is 79.9. The Morgan fingerprint density at radius 3 is 2.47 bits per heavy atom. The largest absolute Gasteiger partial charge is 0.355 e. The van der Waals surface area contributed by atoms with Gasteiger partial charge >= 0.3 is 0 Å². The van der Waals surface area contributed by atoms with Gasteiger partial charge in [-0.25, -0.2) is 22.0 Å². The number of amides is 1. The van der Waals surface area contributed by atoms with Crippen LogP contribution in [-0.2, 0) is 31.3 Å². The molecule has 0 aliphatic carbocycles. The van der Waals surface area contributed by atoms with E-state index in [-0.39, 0.29) is 21.6 Å². The Balaban J connectivity index is 1.54. The van der Waals surface area contributed by atoms with Crippen LogP contribution in [0.4, 0.5) is 0 Å². The van der Waals surface area contributed by atoms with E-state index in [0.29, 0.717) is 32.4 Å². The number of sulfonamides is 2. The molecule has 0 radical (unpaired) electrons. The molecule has 1 aliphatic heterocycles. The fourth-order valence-electron chi connectivity index (χ4n) is 3.26. The molecule has 1 aliphatic rings. The Hall–Kier alpha value is -1.31. The molecule has 3 N–H and O–H groups in total. The van der Waals surface area contributed by atoms with E-state index >= 15 is 0 Å². The summed E-state index contributed by atoms with van der Waals surface area (Å²) in [4.78, 5) is 12.6. The van der Waals surface area contributed by atoms with Crippen molar-refractivity contribution >= 4 is 53.2 Å². The van der Waals surface area contributed by atoms with E-state index in [1.165, 1.54) is 16.4 Å². The minimum atomic E-state index is -3.73. The zero-order valence-corrected chi connectivity index (χ0v) is 20.0. The fourth-order valence-corrected chi connectivity index (χ4v) is 7.46. The molecule has 1 amide bonds. The Labute approximate surface area is 188 Å². The molecule has 2 aromatic rings. The van der Waals surface area contributed by atoms with Crippen molar-refractivity contribution in [3.05, 3.63) is 45.7 Å². The first-order chi connectivity index (χ1) is 14.1. The maximum atomic E-state index is 12.8. The van der Waals surface area contributed by atoms with Crippen LogP contribution < -0.4 is 10.5 Å². The molecule has 3 rings (SSSR count). The molecule has 8 nitrogen and oxygen atoms in total. The van der Waals surface area contributed by atoms with Crippen LogP contribution in [-0.4, -0.2) is 46.7 Å². The molecule has 1 saturated heterocycles. The predicted octanol–water partition coefficient (Wildman–Crippen LogP) is 1.92. The number of benzene rings is 1. The summed E-state index contributed by atoms with van der Waals surface area (Å²) in [6.07, 6.45) is 1.78. The van der Waals surface area contributed by atoms with Crippen molar-refractivity contribution in [3.8, 4) is 0 Å². The molecule has 0 bridgehead atoms. The number of carbonyl (C=O) groups excluding carboxylic acids is 1. The summed E-state index contributed by atoms with van der Waals surface area (Å²) in [6, 6.07) is 9.43. The van der Waals surface area contributed by atoms with Crippen LogP contribution in [0.1, 0.15) is 18.4 Å². The van der Waals surface area contributed by atoms with Crippen molar-refractivity contribution in [2.45, 2.75) is 28.4 Å². The molecule has 1 fully saturated rings. The van der Waals surface area contributed by atoms with Crippen LogP contribution in [0.25, 0.3) is 0 Å². The second-order valence-corrected chi connectivity index (χ2v) is 13.2. The number of piperidine rings is 1. The summed E-state index contributed by atoms with van der Waals surface area (Å²) in [5.74, 6) is -0.579. The van der Waals surface area contributed by atoms with Gasteiger partial charge in [0.25, 0.3) is 10.0 Å². The van der Waals surface area contributed by atoms with Gasteiger partial charge in [0.2, 0.25) is 15.9 Å². The van der Waals surface area contributed by atoms with E-state index in [2.05, 4.69) is 21.2 Å². The number of hydrogen-bond donors (Lipinski definition) is 2. The first kappa shape index (κ1) is 23.4. The van der Waals surface area contributed by atoms with Gasteiger partial charge in [0.05, 0.1) is 14.6 Å². The predicted molar refractivity (Wildman–Crippen MR) is 118 cm³/mol. The van der Waals surface area contributed by atoms with Crippen LogP contribution in [0.3, 0.4) is 0 Å². The van der Waals surface area contributed by atoms with E-state index in [1.807, 2.05) is 0 Å². The highest BCUT2D eigenvalue weighted by Gasteiger charge is 2.33. The number of carbonyl (C=O) groups is 1. The van der Waals surface area contributed by atoms with Crippen molar-refractivity contribution in [2.75, 3.05) is 19.6 Å². The number of nitrogens with two attached hydrogens (primary N) is 1. The van der Waals surface area contributed by atoms with Gasteiger partial charge in [0, 0.05) is 19.6 Å². The molecule has 12 heteroatoms. The molecular formula is C18H22BrN3O5S3. The monoisotopic (exact) mass is 535 g/mol. The second kappa shape index (κ2) is 9.45. The van der Waals surface area contributed by atoms with E-state index in [9.17, 15) is 21.6 Å². The first-order valence-electron chi connectivity index (χ1n) is 9.22. The third-order valence-electron chi connectivity index (χ3n) is 4.86. The molecule has 1 aromatic heterocycles. The zero-order chi connectivity index (χ0) is 21.9. The van der Waals surface area contributed by atoms with Gasteiger partial charge in [-0.05, 0) is 65.0 Å². The molecule has 1 atom stereocenters. The van der Waals surface area contributed by atoms with Gasteiger partial charge in [-0.1, -0.05) is 12.1 Å². The second-order valence-electron chi connectivity index (χ2n) is 6.99. The SMILES string of the molecule is NS(=O)(=O)c1ccc(CCNC(=O)[C@H]2CCCN(S(=O)(=O)c3ccc(Br)s3)C2)cc1. The normalized spacial score (nSPS) is 18.3. The highest BCUT2D eigenvalue weighted by molar-refractivity contribution is 9.11. The summed E-state index contributed by atoms with van der Waals surface area (Å²) in [5.41, 5.74) is 0.860. The molecule has 30 heavy (non-hydrogen) atoms. The van der Waals surface area contributed by atoms with Gasteiger partial charge < -0.3 is 5.32 Å². The molecule has 0 unspecified atom stereocenters. The Kier molecular flexibility index (Phi) is 7.36. The van der Waals surface area contributed by atoms with Gasteiger partial charge in [0.1, 0.15) is 4.21 Å². The average Bonchev–Trinajstić information content (AvgIpc) is 3.15. The Morgan fingerprint density at radius 2 is 1.87 bits per heavy atom. The van der Waals surface area contributed by atoms with Crippen molar-refractivity contribution in [1.29, 1.82) is 0 Å². The standard InChI is InChI=1S/C18H22BrN3O5S3/c19-16-7-8-17(28-16)30(26,27)22-11-1-2-14(12-22)18(23)21-10-9-13-3-5-15(6-4-13)29(20,24)25/h3-8,14H,1-2,9-12H2,(H,21,23)(H2,20,24,25)/t14-/m0/s1. The molecule has 2 heterocycles. The van der Waals surface area contributed by atoms with Crippen LogP contribution in [0.15, 0.2) is 49.3 Å². The number of nitrogens with one attached hydrogen (secondary N) is 1. The minimum Gasteiger partial charge on any atom is -0.355 e. The number of halogens is 1. The quantitative estimate of drug-likeness (QED) is 0.559. The number of nitrogens with zero attached hydrogens (tertiary/aromatic N) is 1. The number of primary sulfonamides is 1. The molecular weight excluding hydrogens is 514 g/mol. The molecule has 0 saturated carbocycles. The van der Waals surface area contributed by atoms with Crippen LogP contribution in [0.5, 0.6) is 0 Å². The number of hydrogen-bond acceptors (Lipinski definition) is 6. The van der Waals surface area contributed by atoms with Gasteiger partial charge in [0.15, 0.2) is 0 Å². The Morgan fingerprint density at radius 1 is 1.17 bits per heavy atom. The van der Waals surface area contributed by atoms with Crippen molar-refractivity contribution in [2.24, 2.45) is 11.1 Å². The maximum absolute atomic E-state index is 12.8. The van der Waals surface area contributed by atoms with Crippen LogP contribution in [0.2, 0.25) is 0 Å². The van der Waals surface area contributed by atoms with E-state index in [4.69, 9.17) is 5.14 Å². The van der Waals surface area contributed by atoms with Crippen molar-refractivity contribution < 1.29 is 21.6 Å². The summed E-state index contributed by atoms with van der Waals surface area (Å²) >= 11 is 4.43. The summed E-state index contributed by atoms with van der Waals surface area (Å²) in [7, 11) is -7.33.